The number of benzene rings is 1. The molecule has 0 spiro atoms. The van der Waals surface area contributed by atoms with Crippen LogP contribution in [0.1, 0.15) is 11.7 Å². The summed E-state index contributed by atoms with van der Waals surface area (Å²) in [6.07, 6.45) is 1.32. The highest BCUT2D eigenvalue weighted by atomic mass is 16.6. The Labute approximate surface area is 157 Å². The summed E-state index contributed by atoms with van der Waals surface area (Å²) in [5.41, 5.74) is 2.01. The molecule has 0 aliphatic carbocycles. The number of pyridine rings is 1. The molecule has 10 heteroatoms. The predicted octanol–water partition coefficient (Wildman–Crippen LogP) is 3.58. The van der Waals surface area contributed by atoms with Crippen LogP contribution in [0.25, 0.3) is 22.7 Å². The smallest absolute Gasteiger partial charge is 0.406 e. The lowest BCUT2D eigenvalue weighted by Crippen LogP contribution is -2.00. The number of rotatable bonds is 6. The minimum Gasteiger partial charge on any atom is -0.476 e. The molecule has 0 radical (unpaired) electrons. The maximum Gasteiger partial charge on any atom is 0.406 e. The van der Waals surface area contributed by atoms with Crippen molar-refractivity contribution >= 4 is 5.82 Å². The second kappa shape index (κ2) is 7.27. The van der Waals surface area contributed by atoms with E-state index in [1.165, 1.54) is 18.3 Å². The van der Waals surface area contributed by atoms with Gasteiger partial charge in [-0.15, -0.1) is 10.2 Å². The molecule has 3 aromatic heterocycles. The van der Waals surface area contributed by atoms with E-state index >= 15 is 0 Å². The molecule has 4 aromatic rings. The fraction of sp³-hybridized carbons (Fsp3) is 0.111. The summed E-state index contributed by atoms with van der Waals surface area (Å²) in [4.78, 5) is 14.1. The van der Waals surface area contributed by atoms with Crippen molar-refractivity contribution in [1.29, 1.82) is 0 Å². The third kappa shape index (κ3) is 3.30. The van der Waals surface area contributed by atoms with Crippen LogP contribution in [0.5, 0.6) is 5.75 Å². The molecule has 0 N–H and O–H groups in total. The van der Waals surface area contributed by atoms with Gasteiger partial charge in [-0.1, -0.05) is 35.5 Å². The quantitative estimate of drug-likeness (QED) is 0.364. The van der Waals surface area contributed by atoms with Crippen molar-refractivity contribution < 1.29 is 18.6 Å². The highest BCUT2D eigenvalue weighted by molar-refractivity contribution is 5.77. The molecule has 0 saturated heterocycles. The van der Waals surface area contributed by atoms with Gasteiger partial charge in [0.2, 0.25) is 5.75 Å². The van der Waals surface area contributed by atoms with Crippen molar-refractivity contribution in [2.24, 2.45) is 0 Å². The zero-order valence-corrected chi connectivity index (χ0v) is 14.6. The van der Waals surface area contributed by atoms with Gasteiger partial charge in [-0.2, -0.15) is 0 Å². The van der Waals surface area contributed by atoms with E-state index in [0.717, 1.165) is 5.56 Å². The lowest BCUT2D eigenvalue weighted by molar-refractivity contribution is -0.390. The Morgan fingerprint density at radius 3 is 2.75 bits per heavy atom. The van der Waals surface area contributed by atoms with Gasteiger partial charge in [0.05, 0.1) is 0 Å². The van der Waals surface area contributed by atoms with E-state index in [9.17, 15) is 10.1 Å². The first-order valence-corrected chi connectivity index (χ1v) is 8.20. The van der Waals surface area contributed by atoms with Gasteiger partial charge in [-0.3, -0.25) is 0 Å². The van der Waals surface area contributed by atoms with Crippen molar-refractivity contribution in [3.63, 3.8) is 0 Å². The van der Waals surface area contributed by atoms with Crippen molar-refractivity contribution in [3.05, 3.63) is 70.4 Å². The van der Waals surface area contributed by atoms with E-state index in [1.54, 1.807) is 6.92 Å². The fourth-order valence-corrected chi connectivity index (χ4v) is 2.60. The van der Waals surface area contributed by atoms with E-state index in [-0.39, 0.29) is 30.0 Å². The predicted molar refractivity (Wildman–Crippen MR) is 95.2 cm³/mol. The van der Waals surface area contributed by atoms with Gasteiger partial charge in [0.15, 0.2) is 6.61 Å². The number of nitrogens with zero attached hydrogens (tertiary/aromatic N) is 5. The topological polar surface area (TPSA) is 130 Å². The van der Waals surface area contributed by atoms with Crippen LogP contribution >= 0.6 is 0 Å². The van der Waals surface area contributed by atoms with Crippen LogP contribution in [0.15, 0.2) is 57.6 Å². The van der Waals surface area contributed by atoms with Gasteiger partial charge in [-0.25, -0.2) is 0 Å². The SMILES string of the molecule is Cc1onc(-c2ccccc2)c1-c1nnc(COc2cccnc2[N+](=O)[O-])o1. The van der Waals surface area contributed by atoms with E-state index in [4.69, 9.17) is 13.7 Å². The summed E-state index contributed by atoms with van der Waals surface area (Å²) < 4.78 is 16.4. The average molecular weight is 379 g/mol. The van der Waals surface area contributed by atoms with Gasteiger partial charge < -0.3 is 23.8 Å². The van der Waals surface area contributed by atoms with Crippen LogP contribution in [0.3, 0.4) is 0 Å². The van der Waals surface area contributed by atoms with Crippen LogP contribution in [0, 0.1) is 17.0 Å². The average Bonchev–Trinajstić information content (AvgIpc) is 3.33. The molecule has 0 aliphatic heterocycles. The van der Waals surface area contributed by atoms with Gasteiger partial charge >= 0.3 is 5.82 Å². The summed E-state index contributed by atoms with van der Waals surface area (Å²) in [5, 5.41) is 23.0. The standard InChI is InChI=1S/C18H13N5O5/c1-11-15(16(22-28-11)12-6-3-2-4-7-12)18-21-20-14(27-18)10-26-13-8-5-9-19-17(13)23(24)25/h2-9H,10H2,1H3. The molecule has 4 rings (SSSR count). The van der Waals surface area contributed by atoms with E-state index < -0.39 is 4.92 Å². The van der Waals surface area contributed by atoms with Crippen molar-refractivity contribution in [3.8, 4) is 28.5 Å². The summed E-state index contributed by atoms with van der Waals surface area (Å²) >= 11 is 0. The maximum absolute atomic E-state index is 11.0. The lowest BCUT2D eigenvalue weighted by atomic mass is 10.1. The molecule has 0 atom stereocenters. The van der Waals surface area contributed by atoms with Crippen molar-refractivity contribution in [2.45, 2.75) is 13.5 Å². The second-order valence-electron chi connectivity index (χ2n) is 5.70. The first kappa shape index (κ1) is 17.3. The monoisotopic (exact) mass is 379 g/mol. The molecule has 0 fully saturated rings. The summed E-state index contributed by atoms with van der Waals surface area (Å²) in [7, 11) is 0. The molecule has 0 saturated carbocycles. The van der Waals surface area contributed by atoms with Crippen LogP contribution in [0.4, 0.5) is 5.82 Å². The molecular formula is C18H13N5O5. The molecule has 0 bridgehead atoms. The normalized spacial score (nSPS) is 10.8. The van der Waals surface area contributed by atoms with Gasteiger partial charge in [0.25, 0.3) is 11.8 Å². The summed E-state index contributed by atoms with van der Waals surface area (Å²) in [6, 6.07) is 12.4. The summed E-state index contributed by atoms with van der Waals surface area (Å²) in [6.45, 7) is 1.60. The molecule has 0 amide bonds. The largest absolute Gasteiger partial charge is 0.476 e. The number of ether oxygens (including phenoxy) is 1. The van der Waals surface area contributed by atoms with Gasteiger partial charge in [0.1, 0.15) is 23.2 Å². The number of hydrogen-bond acceptors (Lipinski definition) is 9. The zero-order valence-electron chi connectivity index (χ0n) is 14.6. The van der Waals surface area contributed by atoms with E-state index in [2.05, 4.69) is 20.3 Å². The molecule has 28 heavy (non-hydrogen) atoms. The van der Waals surface area contributed by atoms with Crippen LogP contribution in [0.2, 0.25) is 0 Å². The summed E-state index contributed by atoms with van der Waals surface area (Å²) in [5.74, 6) is 0.518. The maximum atomic E-state index is 11.0. The van der Waals surface area contributed by atoms with E-state index in [1.807, 2.05) is 30.3 Å². The third-order valence-corrected chi connectivity index (χ3v) is 3.87. The minimum absolute atomic E-state index is 0.0124. The molecule has 0 aliphatic rings. The van der Waals surface area contributed by atoms with Crippen LogP contribution in [-0.4, -0.2) is 25.3 Å². The molecule has 1 aromatic carbocycles. The fourth-order valence-electron chi connectivity index (χ4n) is 2.60. The number of nitro groups is 1. The van der Waals surface area contributed by atoms with Crippen molar-refractivity contribution in [2.75, 3.05) is 0 Å². The first-order valence-electron chi connectivity index (χ1n) is 8.20. The highest BCUT2D eigenvalue weighted by Gasteiger charge is 2.22. The molecule has 0 unspecified atom stereocenters. The number of hydrogen-bond donors (Lipinski definition) is 0. The molecule has 140 valence electrons. The molecular weight excluding hydrogens is 366 g/mol. The van der Waals surface area contributed by atoms with Crippen molar-refractivity contribution in [1.82, 2.24) is 20.3 Å². The second-order valence-corrected chi connectivity index (χ2v) is 5.70. The van der Waals surface area contributed by atoms with Crippen LogP contribution < -0.4 is 4.74 Å². The lowest BCUT2D eigenvalue weighted by Gasteiger charge is -2.02. The van der Waals surface area contributed by atoms with Gasteiger partial charge in [-0.05, 0) is 29.0 Å². The molecule has 10 nitrogen and oxygen atoms in total. The Balaban J connectivity index is 1.58. The van der Waals surface area contributed by atoms with Gasteiger partial charge in [0, 0.05) is 5.56 Å². The Hall–Kier alpha value is -4.08. The highest BCUT2D eigenvalue weighted by Crippen LogP contribution is 2.33. The van der Waals surface area contributed by atoms with Crippen LogP contribution in [-0.2, 0) is 6.61 Å². The Morgan fingerprint density at radius 2 is 1.96 bits per heavy atom. The molecule has 3 heterocycles. The first-order chi connectivity index (χ1) is 13.6. The third-order valence-electron chi connectivity index (χ3n) is 3.87. The zero-order chi connectivity index (χ0) is 19.5. The Kier molecular flexibility index (Phi) is 4.50. The van der Waals surface area contributed by atoms with E-state index in [0.29, 0.717) is 17.0 Å². The Morgan fingerprint density at radius 1 is 1.14 bits per heavy atom. The number of aryl methyl sites for hydroxylation is 1. The Bertz CT molecular complexity index is 1120. The number of aromatic nitrogens is 4. The minimum atomic E-state index is -0.624.